The Balaban J connectivity index is 1.06. The summed E-state index contributed by atoms with van der Waals surface area (Å²) in [6.07, 6.45) is 0. The van der Waals surface area contributed by atoms with Crippen LogP contribution in [-0.2, 0) is 0 Å². The van der Waals surface area contributed by atoms with Crippen molar-refractivity contribution < 1.29 is 0 Å². The fourth-order valence-corrected chi connectivity index (χ4v) is 6.73. The molecule has 0 fully saturated rings. The molecular weight excluding hydrogens is 621 g/mol. The zero-order chi connectivity index (χ0) is 34.0. The third-order valence-electron chi connectivity index (χ3n) is 9.28. The van der Waals surface area contributed by atoms with Gasteiger partial charge in [0.25, 0.3) is 0 Å². The van der Waals surface area contributed by atoms with Crippen LogP contribution in [0.25, 0.3) is 66.8 Å². The quantitative estimate of drug-likeness (QED) is 0.161. The molecular formula is C47H32N4. The van der Waals surface area contributed by atoms with Gasteiger partial charge in [-0.05, 0) is 81.2 Å². The molecule has 0 aliphatic heterocycles. The molecule has 1 aromatic heterocycles. The fraction of sp³-hybridized carbons (Fsp3) is 0. The van der Waals surface area contributed by atoms with Gasteiger partial charge in [-0.2, -0.15) is 0 Å². The highest BCUT2D eigenvalue weighted by Crippen LogP contribution is 2.37. The molecule has 0 aliphatic rings. The van der Waals surface area contributed by atoms with Crippen molar-refractivity contribution in [1.29, 1.82) is 0 Å². The van der Waals surface area contributed by atoms with Crippen molar-refractivity contribution in [2.75, 3.05) is 4.90 Å². The van der Waals surface area contributed by atoms with E-state index in [1.165, 1.54) is 27.3 Å². The van der Waals surface area contributed by atoms with Gasteiger partial charge in [-0.25, -0.2) is 15.0 Å². The van der Waals surface area contributed by atoms with Gasteiger partial charge in [0.2, 0.25) is 0 Å². The first-order valence-corrected chi connectivity index (χ1v) is 17.1. The molecule has 0 saturated carbocycles. The molecule has 0 radical (unpaired) electrons. The van der Waals surface area contributed by atoms with E-state index in [9.17, 15) is 0 Å². The lowest BCUT2D eigenvalue weighted by Gasteiger charge is -2.25. The third-order valence-corrected chi connectivity index (χ3v) is 9.28. The van der Waals surface area contributed by atoms with Gasteiger partial charge in [-0.15, -0.1) is 0 Å². The molecule has 9 rings (SSSR count). The summed E-state index contributed by atoms with van der Waals surface area (Å²) in [5.41, 5.74) is 8.60. The van der Waals surface area contributed by atoms with Crippen molar-refractivity contribution in [1.82, 2.24) is 15.0 Å². The fourth-order valence-electron chi connectivity index (χ4n) is 6.73. The van der Waals surface area contributed by atoms with E-state index in [2.05, 4.69) is 138 Å². The van der Waals surface area contributed by atoms with Gasteiger partial charge in [0.05, 0.1) is 0 Å². The van der Waals surface area contributed by atoms with Crippen LogP contribution in [0, 0.1) is 0 Å². The van der Waals surface area contributed by atoms with Gasteiger partial charge in [0.1, 0.15) is 0 Å². The monoisotopic (exact) mass is 652 g/mol. The molecule has 0 aliphatic carbocycles. The Kier molecular flexibility index (Phi) is 7.80. The summed E-state index contributed by atoms with van der Waals surface area (Å²) in [5, 5.41) is 4.75. The van der Waals surface area contributed by atoms with Gasteiger partial charge in [0, 0.05) is 33.8 Å². The topological polar surface area (TPSA) is 41.9 Å². The Labute approximate surface area is 297 Å². The van der Waals surface area contributed by atoms with E-state index in [1.807, 2.05) is 60.7 Å². The minimum atomic E-state index is 0.654. The summed E-state index contributed by atoms with van der Waals surface area (Å²) in [6.45, 7) is 0. The number of para-hydroxylation sites is 2. The summed E-state index contributed by atoms with van der Waals surface area (Å²) in [5.74, 6) is 1.97. The van der Waals surface area contributed by atoms with Crippen LogP contribution in [0.2, 0.25) is 0 Å². The predicted octanol–water partition coefficient (Wildman–Crippen LogP) is 12.3. The van der Waals surface area contributed by atoms with Crippen molar-refractivity contribution in [3.63, 3.8) is 0 Å². The minimum absolute atomic E-state index is 0.654. The van der Waals surface area contributed by atoms with Gasteiger partial charge in [0.15, 0.2) is 17.5 Å². The van der Waals surface area contributed by atoms with E-state index in [4.69, 9.17) is 15.0 Å². The van der Waals surface area contributed by atoms with Crippen LogP contribution in [0.3, 0.4) is 0 Å². The zero-order valence-corrected chi connectivity index (χ0v) is 27.8. The lowest BCUT2D eigenvalue weighted by molar-refractivity contribution is 1.07. The zero-order valence-electron chi connectivity index (χ0n) is 27.8. The number of nitrogens with zero attached hydrogens (tertiary/aromatic N) is 4. The molecule has 0 unspecified atom stereocenters. The molecule has 0 spiro atoms. The SMILES string of the molecule is c1ccc(-c2nc(-c3ccccc3)nc(-c3ccc4c(ccc5cc(-c6ccc(N(c7ccccc7)c7ccccc7)cc6)ccc54)c3)n2)cc1. The Morgan fingerprint density at radius 1 is 0.275 bits per heavy atom. The van der Waals surface area contributed by atoms with Crippen LogP contribution in [0.15, 0.2) is 194 Å². The Morgan fingerprint density at radius 2 is 0.647 bits per heavy atom. The van der Waals surface area contributed by atoms with Crippen molar-refractivity contribution in [2.24, 2.45) is 0 Å². The molecule has 1 heterocycles. The summed E-state index contributed by atoms with van der Waals surface area (Å²) in [7, 11) is 0. The minimum Gasteiger partial charge on any atom is -0.311 e. The number of aromatic nitrogens is 3. The molecule has 51 heavy (non-hydrogen) atoms. The number of fused-ring (bicyclic) bond motifs is 3. The summed E-state index contributed by atoms with van der Waals surface area (Å²) in [6, 6.07) is 67.7. The standard InChI is InChI=1S/C47H32N4/c1-5-13-34(14-6-1)45-48-46(35-15-7-2-8-16-35)50-47(49-45)39-26-30-44-38(32-39)22-21-37-31-36(25-29-43(37)44)33-23-27-42(28-24-33)51(40-17-9-3-10-18-40)41-19-11-4-12-20-41/h1-32H. The van der Waals surface area contributed by atoms with E-state index in [-0.39, 0.29) is 0 Å². The van der Waals surface area contributed by atoms with E-state index in [0.29, 0.717) is 17.5 Å². The molecule has 4 nitrogen and oxygen atoms in total. The maximum Gasteiger partial charge on any atom is 0.164 e. The number of rotatable bonds is 7. The maximum absolute atomic E-state index is 4.94. The van der Waals surface area contributed by atoms with E-state index < -0.39 is 0 Å². The lowest BCUT2D eigenvalue weighted by Crippen LogP contribution is -2.09. The highest BCUT2D eigenvalue weighted by molar-refractivity contribution is 6.09. The summed E-state index contributed by atoms with van der Waals surface area (Å²) in [4.78, 5) is 17.0. The van der Waals surface area contributed by atoms with Crippen molar-refractivity contribution >= 4 is 38.6 Å². The number of hydrogen-bond donors (Lipinski definition) is 0. The van der Waals surface area contributed by atoms with Crippen LogP contribution in [0.5, 0.6) is 0 Å². The largest absolute Gasteiger partial charge is 0.311 e. The average Bonchev–Trinajstić information content (AvgIpc) is 3.22. The maximum atomic E-state index is 4.94. The summed E-state index contributed by atoms with van der Waals surface area (Å²) < 4.78 is 0. The molecule has 0 amide bonds. The Bertz CT molecular complexity index is 2510. The van der Waals surface area contributed by atoms with E-state index >= 15 is 0 Å². The van der Waals surface area contributed by atoms with Gasteiger partial charge in [-0.3, -0.25) is 0 Å². The molecule has 9 aromatic rings. The molecule has 0 saturated heterocycles. The van der Waals surface area contributed by atoms with Crippen LogP contribution in [0.4, 0.5) is 17.1 Å². The first-order valence-electron chi connectivity index (χ1n) is 17.1. The second-order valence-corrected chi connectivity index (χ2v) is 12.5. The number of benzene rings is 8. The molecule has 0 bridgehead atoms. The highest BCUT2D eigenvalue weighted by Gasteiger charge is 2.15. The van der Waals surface area contributed by atoms with Crippen LogP contribution in [-0.4, -0.2) is 15.0 Å². The van der Waals surface area contributed by atoms with Crippen LogP contribution < -0.4 is 4.90 Å². The van der Waals surface area contributed by atoms with Crippen molar-refractivity contribution in [2.45, 2.75) is 0 Å². The molecule has 8 aromatic carbocycles. The molecule has 0 N–H and O–H groups in total. The van der Waals surface area contributed by atoms with Crippen LogP contribution >= 0.6 is 0 Å². The number of anilines is 3. The van der Waals surface area contributed by atoms with E-state index in [1.54, 1.807) is 0 Å². The normalized spacial score (nSPS) is 11.1. The van der Waals surface area contributed by atoms with E-state index in [0.717, 1.165) is 39.1 Å². The van der Waals surface area contributed by atoms with Crippen molar-refractivity contribution in [3.8, 4) is 45.3 Å². The van der Waals surface area contributed by atoms with Gasteiger partial charge in [-0.1, -0.05) is 146 Å². The van der Waals surface area contributed by atoms with Crippen LogP contribution in [0.1, 0.15) is 0 Å². The first kappa shape index (κ1) is 30.2. The molecule has 4 heteroatoms. The highest BCUT2D eigenvalue weighted by atomic mass is 15.1. The Morgan fingerprint density at radius 3 is 1.14 bits per heavy atom. The summed E-state index contributed by atoms with van der Waals surface area (Å²) >= 11 is 0. The average molecular weight is 653 g/mol. The smallest absolute Gasteiger partial charge is 0.164 e. The second-order valence-electron chi connectivity index (χ2n) is 12.5. The molecule has 240 valence electrons. The second kappa shape index (κ2) is 13.2. The van der Waals surface area contributed by atoms with Gasteiger partial charge >= 0.3 is 0 Å². The van der Waals surface area contributed by atoms with Gasteiger partial charge < -0.3 is 4.90 Å². The first-order chi connectivity index (χ1) is 25.3. The molecule has 0 atom stereocenters. The lowest BCUT2D eigenvalue weighted by atomic mass is 9.96. The Hall–Kier alpha value is -6.91. The third kappa shape index (κ3) is 6.00. The van der Waals surface area contributed by atoms with Crippen molar-refractivity contribution in [3.05, 3.63) is 194 Å². The number of hydrogen-bond acceptors (Lipinski definition) is 4. The predicted molar refractivity (Wildman–Crippen MR) is 211 cm³/mol.